The number of nitro groups is 1. The molecule has 1 amide bonds. The molecular formula is C22H21N7O3S. The lowest BCUT2D eigenvalue weighted by molar-refractivity contribution is -0.384. The van der Waals surface area contributed by atoms with Gasteiger partial charge in [0.1, 0.15) is 5.92 Å². The predicted octanol–water partition coefficient (Wildman–Crippen LogP) is 3.27. The van der Waals surface area contributed by atoms with Crippen LogP contribution in [0.1, 0.15) is 36.3 Å². The Labute approximate surface area is 195 Å². The fraction of sp³-hybridized carbons (Fsp3) is 0.227. The summed E-state index contributed by atoms with van der Waals surface area (Å²) in [6, 6.07) is 17.0. The van der Waals surface area contributed by atoms with Crippen LogP contribution in [-0.2, 0) is 11.2 Å². The summed E-state index contributed by atoms with van der Waals surface area (Å²) in [5.74, 6) is -1.03. The highest BCUT2D eigenvalue weighted by Gasteiger charge is 2.19. The van der Waals surface area contributed by atoms with Gasteiger partial charge in [0.15, 0.2) is 5.11 Å². The van der Waals surface area contributed by atoms with Gasteiger partial charge in [-0.2, -0.15) is 15.6 Å². The van der Waals surface area contributed by atoms with Crippen LogP contribution in [0.25, 0.3) is 0 Å². The number of nitrogens with zero attached hydrogens (tertiary/aromatic N) is 4. The van der Waals surface area contributed by atoms with Gasteiger partial charge < -0.3 is 11.1 Å². The molecule has 0 radical (unpaired) electrons. The van der Waals surface area contributed by atoms with E-state index >= 15 is 0 Å². The highest BCUT2D eigenvalue weighted by atomic mass is 32.1. The molecule has 0 fully saturated rings. The average molecular weight is 464 g/mol. The number of rotatable bonds is 10. The van der Waals surface area contributed by atoms with Crippen molar-refractivity contribution in [2.24, 2.45) is 10.8 Å². The molecule has 2 rings (SSSR count). The molecule has 33 heavy (non-hydrogen) atoms. The van der Waals surface area contributed by atoms with Gasteiger partial charge in [-0.15, -0.1) is 0 Å². The van der Waals surface area contributed by atoms with Crippen LogP contribution >= 0.6 is 12.2 Å². The Balaban J connectivity index is 2.06. The number of carbonyl (C=O) groups excluding carboxylic acids is 1. The number of nitrogens with two attached hydrogens (primary N) is 1. The number of thiocarbonyl (C=S) groups is 1. The number of nitrogens with one attached hydrogen (secondary N) is 2. The standard InChI is InChI=1S/C22H21N7O3S/c23-12-11-15-7-9-16(10-8-15)19(14-24)20(27-28-22(25)33)5-2-6-21(30)26-17-3-1-4-18(13-17)29(31)32/h1,3-4,7-10,13,19H,2,5-6,11H2,(H,26,30)(H3,25,28,33)/b27-20+/t19-/m0/s1. The van der Waals surface area contributed by atoms with Gasteiger partial charge in [0.25, 0.3) is 5.69 Å². The molecule has 0 bridgehead atoms. The molecule has 11 heteroatoms. The number of anilines is 1. The maximum Gasteiger partial charge on any atom is 0.271 e. The number of hydrazone groups is 1. The Hall–Kier alpha value is -4.35. The molecule has 1 atom stereocenters. The quantitative estimate of drug-likeness (QED) is 0.208. The molecule has 10 nitrogen and oxygen atoms in total. The largest absolute Gasteiger partial charge is 0.375 e. The first-order chi connectivity index (χ1) is 15.8. The van der Waals surface area contributed by atoms with Gasteiger partial charge >= 0.3 is 0 Å². The molecular weight excluding hydrogens is 442 g/mol. The summed E-state index contributed by atoms with van der Waals surface area (Å²) in [7, 11) is 0. The van der Waals surface area contributed by atoms with Crippen LogP contribution in [0.4, 0.5) is 11.4 Å². The molecule has 168 valence electrons. The van der Waals surface area contributed by atoms with E-state index in [1.807, 2.05) is 0 Å². The monoisotopic (exact) mass is 463 g/mol. The molecule has 0 unspecified atom stereocenters. The first kappa shape index (κ1) is 24.9. The summed E-state index contributed by atoms with van der Waals surface area (Å²) in [6.07, 6.45) is 1.04. The lowest BCUT2D eigenvalue weighted by atomic mass is 9.91. The van der Waals surface area contributed by atoms with Crippen molar-refractivity contribution in [3.63, 3.8) is 0 Å². The average Bonchev–Trinajstić information content (AvgIpc) is 2.78. The molecule has 0 saturated heterocycles. The summed E-state index contributed by atoms with van der Waals surface area (Å²) in [5.41, 5.74) is 10.1. The van der Waals surface area contributed by atoms with Crippen LogP contribution in [0.15, 0.2) is 53.6 Å². The third-order valence-corrected chi connectivity index (χ3v) is 4.64. The van der Waals surface area contributed by atoms with Crippen molar-refractivity contribution in [2.45, 2.75) is 31.6 Å². The van der Waals surface area contributed by atoms with Crippen molar-refractivity contribution >= 4 is 40.3 Å². The Morgan fingerprint density at radius 3 is 2.55 bits per heavy atom. The molecule has 2 aromatic carbocycles. The van der Waals surface area contributed by atoms with E-state index in [1.165, 1.54) is 18.2 Å². The zero-order valence-corrected chi connectivity index (χ0v) is 18.3. The van der Waals surface area contributed by atoms with Gasteiger partial charge in [0.2, 0.25) is 5.91 Å². The Kier molecular flexibility index (Phi) is 9.43. The lowest BCUT2D eigenvalue weighted by Gasteiger charge is -2.14. The molecule has 0 aromatic heterocycles. The zero-order chi connectivity index (χ0) is 24.2. The molecule has 0 spiro atoms. The first-order valence-electron chi connectivity index (χ1n) is 9.85. The van der Waals surface area contributed by atoms with Gasteiger partial charge in [0, 0.05) is 24.2 Å². The molecule has 0 aliphatic rings. The van der Waals surface area contributed by atoms with E-state index in [4.69, 9.17) is 23.2 Å². The summed E-state index contributed by atoms with van der Waals surface area (Å²) in [6.45, 7) is 0. The van der Waals surface area contributed by atoms with Gasteiger partial charge in [-0.1, -0.05) is 30.3 Å². The second kappa shape index (κ2) is 12.5. The number of benzene rings is 2. The molecule has 0 heterocycles. The van der Waals surface area contributed by atoms with Crippen LogP contribution in [0.5, 0.6) is 0 Å². The second-order valence-corrected chi connectivity index (χ2v) is 7.37. The maximum absolute atomic E-state index is 12.3. The number of hydrogen-bond acceptors (Lipinski definition) is 7. The predicted molar refractivity (Wildman–Crippen MR) is 127 cm³/mol. The fourth-order valence-corrected chi connectivity index (χ4v) is 3.05. The van der Waals surface area contributed by atoms with Crippen molar-refractivity contribution in [1.29, 1.82) is 10.5 Å². The van der Waals surface area contributed by atoms with E-state index in [2.05, 4.69) is 28.0 Å². The normalized spacial score (nSPS) is 11.5. The Morgan fingerprint density at radius 1 is 1.21 bits per heavy atom. The van der Waals surface area contributed by atoms with E-state index in [0.717, 1.165) is 5.56 Å². The van der Waals surface area contributed by atoms with E-state index in [-0.39, 0.29) is 29.5 Å². The van der Waals surface area contributed by atoms with Crippen LogP contribution in [0.3, 0.4) is 0 Å². The van der Waals surface area contributed by atoms with Crippen molar-refractivity contribution < 1.29 is 9.72 Å². The third-order valence-electron chi connectivity index (χ3n) is 4.55. The Bertz CT molecular complexity index is 1130. The maximum atomic E-state index is 12.3. The number of carbonyl (C=O) groups is 1. The van der Waals surface area contributed by atoms with Gasteiger partial charge in [-0.25, -0.2) is 0 Å². The van der Waals surface area contributed by atoms with Gasteiger partial charge in [-0.3, -0.25) is 20.3 Å². The van der Waals surface area contributed by atoms with E-state index in [9.17, 15) is 20.2 Å². The van der Waals surface area contributed by atoms with Crippen molar-refractivity contribution in [2.75, 3.05) is 5.32 Å². The summed E-state index contributed by atoms with van der Waals surface area (Å²) < 4.78 is 0. The van der Waals surface area contributed by atoms with E-state index < -0.39 is 10.8 Å². The smallest absolute Gasteiger partial charge is 0.271 e. The summed E-state index contributed by atoms with van der Waals surface area (Å²) in [4.78, 5) is 22.6. The highest BCUT2D eigenvalue weighted by molar-refractivity contribution is 7.80. The minimum absolute atomic E-state index is 0.0584. The summed E-state index contributed by atoms with van der Waals surface area (Å²) >= 11 is 4.79. The SMILES string of the molecule is N#CCc1ccc([C@H](C#N)/C(CCCC(=O)Nc2cccc([N+](=O)[O-])c2)=N/NC(N)=S)cc1. The van der Waals surface area contributed by atoms with Crippen LogP contribution < -0.4 is 16.5 Å². The molecule has 2 aromatic rings. The van der Waals surface area contributed by atoms with Crippen molar-refractivity contribution in [3.05, 3.63) is 69.8 Å². The first-order valence-corrected chi connectivity index (χ1v) is 10.3. The molecule has 0 saturated carbocycles. The van der Waals surface area contributed by atoms with E-state index in [0.29, 0.717) is 29.8 Å². The second-order valence-electron chi connectivity index (χ2n) is 6.93. The molecule has 0 aliphatic heterocycles. The van der Waals surface area contributed by atoms with Crippen LogP contribution in [0, 0.1) is 32.8 Å². The highest BCUT2D eigenvalue weighted by Crippen LogP contribution is 2.22. The number of amides is 1. The number of nitriles is 2. The van der Waals surface area contributed by atoms with Crippen molar-refractivity contribution in [3.8, 4) is 12.1 Å². The van der Waals surface area contributed by atoms with Crippen LogP contribution in [-0.4, -0.2) is 21.7 Å². The third kappa shape index (κ3) is 8.01. The zero-order valence-electron chi connectivity index (χ0n) is 17.5. The minimum Gasteiger partial charge on any atom is -0.375 e. The summed E-state index contributed by atoms with van der Waals surface area (Å²) in [5, 5.41) is 36.2. The Morgan fingerprint density at radius 2 is 1.94 bits per heavy atom. The number of non-ortho nitro benzene ring substituents is 1. The van der Waals surface area contributed by atoms with E-state index in [1.54, 1.807) is 30.3 Å². The topological polar surface area (TPSA) is 170 Å². The molecule has 0 aliphatic carbocycles. The van der Waals surface area contributed by atoms with Crippen LogP contribution in [0.2, 0.25) is 0 Å². The van der Waals surface area contributed by atoms with Gasteiger partial charge in [-0.05, 0) is 42.3 Å². The van der Waals surface area contributed by atoms with Crippen molar-refractivity contribution in [1.82, 2.24) is 5.43 Å². The minimum atomic E-state index is -0.706. The lowest BCUT2D eigenvalue weighted by Crippen LogP contribution is -2.27. The van der Waals surface area contributed by atoms with Gasteiger partial charge in [0.05, 0.1) is 29.2 Å². The number of hydrogen-bond donors (Lipinski definition) is 3. The molecule has 4 N–H and O–H groups in total. The fourth-order valence-electron chi connectivity index (χ4n) is 3.00. The number of nitro benzene ring substituents is 1.